The summed E-state index contributed by atoms with van der Waals surface area (Å²) in [5.41, 5.74) is 6.43. The minimum absolute atomic E-state index is 0.269. The maximum absolute atomic E-state index is 6.16. The summed E-state index contributed by atoms with van der Waals surface area (Å²) in [6, 6.07) is 0.726. The van der Waals surface area contributed by atoms with Crippen LogP contribution in [0.5, 0.6) is 0 Å². The Labute approximate surface area is 87.8 Å². The molecule has 2 fully saturated rings. The van der Waals surface area contributed by atoms with Gasteiger partial charge < -0.3 is 10.6 Å². The molecule has 1 aliphatic heterocycles. The largest absolute Gasteiger partial charge is 0.325 e. The number of hydrogen-bond donors (Lipinski definition) is 1. The van der Waals surface area contributed by atoms with Gasteiger partial charge in [-0.1, -0.05) is 0 Å². The summed E-state index contributed by atoms with van der Waals surface area (Å²) < 4.78 is 0. The van der Waals surface area contributed by atoms with Crippen LogP contribution in [0.2, 0.25) is 0 Å². The maximum atomic E-state index is 6.16. The first-order chi connectivity index (χ1) is 6.59. The van der Waals surface area contributed by atoms with Crippen molar-refractivity contribution < 1.29 is 0 Å². The van der Waals surface area contributed by atoms with Gasteiger partial charge in [-0.05, 0) is 65.0 Å². The monoisotopic (exact) mass is 196 g/mol. The molecule has 1 saturated carbocycles. The highest BCUT2D eigenvalue weighted by molar-refractivity contribution is 5.00. The van der Waals surface area contributed by atoms with Crippen LogP contribution in [0.25, 0.3) is 0 Å². The Kier molecular flexibility index (Phi) is 2.85. The summed E-state index contributed by atoms with van der Waals surface area (Å²) in [4.78, 5) is 2.59. The molecule has 0 amide bonds. The zero-order valence-corrected chi connectivity index (χ0v) is 9.63. The molecule has 0 spiro atoms. The number of likely N-dealkylation sites (tertiary alicyclic amines) is 1. The summed E-state index contributed by atoms with van der Waals surface area (Å²) in [7, 11) is 0. The molecule has 0 aromatic rings. The lowest BCUT2D eigenvalue weighted by molar-refractivity contribution is 0.141. The second kappa shape index (κ2) is 3.82. The first-order valence-electron chi connectivity index (χ1n) is 6.12. The molecule has 2 N–H and O–H groups in total. The van der Waals surface area contributed by atoms with Gasteiger partial charge in [0.15, 0.2) is 0 Å². The SMILES string of the molecule is CC(C)N1CCC(CC2(N)CC2)CC1. The van der Waals surface area contributed by atoms with Crippen molar-refractivity contribution in [2.45, 2.75) is 57.5 Å². The number of rotatable bonds is 3. The van der Waals surface area contributed by atoms with Gasteiger partial charge in [0, 0.05) is 11.6 Å². The molecule has 1 heterocycles. The molecule has 0 atom stereocenters. The van der Waals surface area contributed by atoms with E-state index in [1.54, 1.807) is 0 Å². The predicted octanol–water partition coefficient (Wildman–Crippen LogP) is 1.99. The van der Waals surface area contributed by atoms with E-state index in [0.717, 1.165) is 12.0 Å². The van der Waals surface area contributed by atoms with E-state index in [2.05, 4.69) is 18.7 Å². The van der Waals surface area contributed by atoms with Gasteiger partial charge in [0.2, 0.25) is 0 Å². The fraction of sp³-hybridized carbons (Fsp3) is 1.00. The molecule has 1 saturated heterocycles. The Balaban J connectivity index is 1.73. The first kappa shape index (κ1) is 10.4. The lowest BCUT2D eigenvalue weighted by Crippen LogP contribution is -2.40. The normalized spacial score (nSPS) is 28.3. The molecule has 0 aromatic heterocycles. The highest BCUT2D eigenvalue weighted by Crippen LogP contribution is 2.40. The Hall–Kier alpha value is -0.0800. The van der Waals surface area contributed by atoms with Crippen molar-refractivity contribution >= 4 is 0 Å². The average molecular weight is 196 g/mol. The Morgan fingerprint density at radius 1 is 1.29 bits per heavy atom. The average Bonchev–Trinajstić information content (AvgIpc) is 2.84. The van der Waals surface area contributed by atoms with Crippen molar-refractivity contribution in [3.8, 4) is 0 Å². The quantitative estimate of drug-likeness (QED) is 0.748. The van der Waals surface area contributed by atoms with E-state index in [-0.39, 0.29) is 5.54 Å². The second-order valence-electron chi connectivity index (χ2n) is 5.64. The molecule has 2 heteroatoms. The predicted molar refractivity (Wildman–Crippen MR) is 60.2 cm³/mol. The number of nitrogens with zero attached hydrogens (tertiary/aromatic N) is 1. The topological polar surface area (TPSA) is 29.3 Å². The third kappa shape index (κ3) is 2.48. The first-order valence-corrected chi connectivity index (χ1v) is 6.12. The summed E-state index contributed by atoms with van der Waals surface area (Å²) >= 11 is 0. The van der Waals surface area contributed by atoms with Gasteiger partial charge in [-0.25, -0.2) is 0 Å². The molecule has 0 bridgehead atoms. The van der Waals surface area contributed by atoms with Crippen molar-refractivity contribution in [3.63, 3.8) is 0 Å². The number of hydrogen-bond acceptors (Lipinski definition) is 2. The van der Waals surface area contributed by atoms with Crippen LogP contribution in [0.15, 0.2) is 0 Å². The fourth-order valence-electron chi connectivity index (χ4n) is 2.61. The van der Waals surface area contributed by atoms with E-state index in [1.807, 2.05) is 0 Å². The molecule has 2 aliphatic rings. The van der Waals surface area contributed by atoms with Gasteiger partial charge in [0.1, 0.15) is 0 Å². The second-order valence-corrected chi connectivity index (χ2v) is 5.64. The van der Waals surface area contributed by atoms with E-state index in [0.29, 0.717) is 0 Å². The van der Waals surface area contributed by atoms with Crippen molar-refractivity contribution in [1.82, 2.24) is 4.90 Å². The molecule has 0 aromatic carbocycles. The van der Waals surface area contributed by atoms with Crippen LogP contribution in [0, 0.1) is 5.92 Å². The van der Waals surface area contributed by atoms with E-state index < -0.39 is 0 Å². The van der Waals surface area contributed by atoms with Crippen molar-refractivity contribution in [3.05, 3.63) is 0 Å². The lowest BCUT2D eigenvalue weighted by Gasteiger charge is -2.35. The molecular weight excluding hydrogens is 172 g/mol. The third-order valence-corrected chi connectivity index (χ3v) is 3.97. The zero-order chi connectivity index (χ0) is 10.2. The van der Waals surface area contributed by atoms with E-state index >= 15 is 0 Å². The minimum atomic E-state index is 0.269. The van der Waals surface area contributed by atoms with E-state index in [4.69, 9.17) is 5.73 Å². The van der Waals surface area contributed by atoms with Gasteiger partial charge in [-0.2, -0.15) is 0 Å². The summed E-state index contributed by atoms with van der Waals surface area (Å²) in [5, 5.41) is 0. The fourth-order valence-corrected chi connectivity index (χ4v) is 2.61. The van der Waals surface area contributed by atoms with Crippen LogP contribution in [-0.2, 0) is 0 Å². The third-order valence-electron chi connectivity index (χ3n) is 3.97. The molecule has 0 unspecified atom stereocenters. The lowest BCUT2D eigenvalue weighted by atomic mass is 9.89. The minimum Gasteiger partial charge on any atom is -0.325 e. The summed E-state index contributed by atoms with van der Waals surface area (Å²) in [6.45, 7) is 7.17. The highest BCUT2D eigenvalue weighted by Gasteiger charge is 2.40. The van der Waals surface area contributed by atoms with Crippen LogP contribution < -0.4 is 5.73 Å². The van der Waals surface area contributed by atoms with Crippen molar-refractivity contribution in [2.24, 2.45) is 11.7 Å². The zero-order valence-electron chi connectivity index (χ0n) is 9.63. The van der Waals surface area contributed by atoms with Crippen LogP contribution >= 0.6 is 0 Å². The van der Waals surface area contributed by atoms with Gasteiger partial charge in [-0.15, -0.1) is 0 Å². The van der Waals surface area contributed by atoms with Gasteiger partial charge in [0.05, 0.1) is 0 Å². The molecule has 2 rings (SSSR count). The Morgan fingerprint density at radius 2 is 1.86 bits per heavy atom. The summed E-state index contributed by atoms with van der Waals surface area (Å²) in [5.74, 6) is 0.914. The van der Waals surface area contributed by atoms with Crippen molar-refractivity contribution in [1.29, 1.82) is 0 Å². The van der Waals surface area contributed by atoms with Gasteiger partial charge >= 0.3 is 0 Å². The van der Waals surface area contributed by atoms with E-state index in [9.17, 15) is 0 Å². The smallest absolute Gasteiger partial charge is 0.0158 e. The van der Waals surface area contributed by atoms with Crippen LogP contribution in [0.3, 0.4) is 0 Å². The van der Waals surface area contributed by atoms with Crippen LogP contribution in [0.1, 0.15) is 46.0 Å². The van der Waals surface area contributed by atoms with E-state index in [1.165, 1.54) is 45.2 Å². The van der Waals surface area contributed by atoms with Crippen LogP contribution in [0.4, 0.5) is 0 Å². The molecular formula is C12H24N2. The molecule has 14 heavy (non-hydrogen) atoms. The molecule has 1 aliphatic carbocycles. The number of nitrogens with two attached hydrogens (primary N) is 1. The van der Waals surface area contributed by atoms with Gasteiger partial charge in [0.25, 0.3) is 0 Å². The molecule has 82 valence electrons. The van der Waals surface area contributed by atoms with Gasteiger partial charge in [-0.3, -0.25) is 0 Å². The Bertz CT molecular complexity index is 188. The maximum Gasteiger partial charge on any atom is 0.0158 e. The Morgan fingerprint density at radius 3 is 2.29 bits per heavy atom. The molecule has 0 radical (unpaired) electrons. The standard InChI is InChI=1S/C12H24N2/c1-10(2)14-7-3-11(4-8-14)9-12(13)5-6-12/h10-11H,3-9,13H2,1-2H3. The highest BCUT2D eigenvalue weighted by atomic mass is 15.1. The molecule has 2 nitrogen and oxygen atoms in total. The van der Waals surface area contributed by atoms with Crippen LogP contribution in [-0.4, -0.2) is 29.6 Å². The summed E-state index contributed by atoms with van der Waals surface area (Å²) in [6.07, 6.45) is 6.59. The van der Waals surface area contributed by atoms with Crippen molar-refractivity contribution in [2.75, 3.05) is 13.1 Å². The number of piperidine rings is 1.